The molecule has 0 amide bonds. The Labute approximate surface area is 536 Å². The SMILES string of the molecule is C.C.CC(C)(C)ON=O.CCOC(=O)c1cc(F)c(B2OC(C)(C)C(C)(C)O2)c(F)c1.CCOC(=O)c1cc(F)c(Br)c(F)c1.CCOC(=O)c1cc(F)c(N)c(F)c1.Nc1c(F)cc(Br)cc1F.Nc1c(F)cccc1F.[B]=NS.[Br][Cu][Br].[C-]#[O+]. The molecular weight excluding hydrogens is 1500 g/mol. The number of hydrogen-bond donors (Lipinski definition) is 4. The van der Waals surface area contributed by atoms with Crippen LogP contribution in [0.5, 0.6) is 0 Å². The van der Waals surface area contributed by atoms with Crippen molar-refractivity contribution < 1.29 is 103 Å². The van der Waals surface area contributed by atoms with Crippen molar-refractivity contribution in [3.63, 3.8) is 0 Å². The van der Waals surface area contributed by atoms with Crippen LogP contribution < -0.4 is 22.7 Å². The Morgan fingerprint density at radius 2 is 0.872 bits per heavy atom. The molecule has 34 heteroatoms. The zero-order valence-electron chi connectivity index (χ0n) is 45.8. The van der Waals surface area contributed by atoms with Gasteiger partial charge in [0.25, 0.3) is 0 Å². The summed E-state index contributed by atoms with van der Waals surface area (Å²) >= 11 is 16.2. The summed E-state index contributed by atoms with van der Waals surface area (Å²) in [5, 5.41) is 2.26. The van der Waals surface area contributed by atoms with Crippen LogP contribution in [0.4, 0.5) is 61.0 Å². The van der Waals surface area contributed by atoms with Gasteiger partial charge in [-0.2, -0.15) is 0 Å². The Bertz CT molecular complexity index is 2770. The van der Waals surface area contributed by atoms with Gasteiger partial charge in [-0.15, -0.1) is 4.91 Å². The number of para-hydroxylation sites is 1. The number of hydrogen-bond acceptors (Lipinski definition) is 16. The third kappa shape index (κ3) is 32.8. The van der Waals surface area contributed by atoms with Gasteiger partial charge in [0.2, 0.25) is 0 Å². The summed E-state index contributed by atoms with van der Waals surface area (Å²) in [7, 11) is 3.17. The first-order chi connectivity index (χ1) is 38.9. The molecule has 0 spiro atoms. The molecule has 5 aromatic rings. The maximum absolute atomic E-state index is 14.3. The number of carbonyl (C=O) groups is 3. The van der Waals surface area contributed by atoms with Crippen LogP contribution in [0.1, 0.15) is 115 Å². The van der Waals surface area contributed by atoms with E-state index in [0.29, 0.717) is 4.47 Å². The second-order valence-corrected chi connectivity index (χ2v) is 23.8. The molecule has 1 heterocycles. The normalized spacial score (nSPS) is 11.6. The molecule has 1 aliphatic heterocycles. The molecular formula is C52H62B2Br4CuF10N5O11S. The Hall–Kier alpha value is -5.01. The Morgan fingerprint density at radius 1 is 0.616 bits per heavy atom. The summed E-state index contributed by atoms with van der Waals surface area (Å²) in [5.41, 5.74) is 10.8. The van der Waals surface area contributed by atoms with Gasteiger partial charge in [0.1, 0.15) is 80.8 Å². The summed E-state index contributed by atoms with van der Waals surface area (Å²) in [6.07, 6.45) is 0. The van der Waals surface area contributed by atoms with Crippen LogP contribution in [0.25, 0.3) is 0 Å². The predicted molar refractivity (Wildman–Crippen MR) is 323 cm³/mol. The average Bonchev–Trinajstić information content (AvgIpc) is 1.99. The first kappa shape index (κ1) is 89.7. The van der Waals surface area contributed by atoms with Crippen LogP contribution in [-0.2, 0) is 44.4 Å². The Balaban J connectivity index is -0.000000306. The van der Waals surface area contributed by atoms with Gasteiger partial charge in [0.05, 0.1) is 57.6 Å². The second kappa shape index (κ2) is 45.3. The van der Waals surface area contributed by atoms with E-state index in [-0.39, 0.29) is 61.3 Å². The fourth-order valence-corrected chi connectivity index (χ4v) is 5.71. The van der Waals surface area contributed by atoms with E-state index in [1.165, 1.54) is 17.4 Å². The molecule has 16 nitrogen and oxygen atoms in total. The van der Waals surface area contributed by atoms with E-state index < -0.39 is 117 Å². The van der Waals surface area contributed by atoms with Gasteiger partial charge in [-0.1, -0.05) is 36.8 Å². The number of rotatable bonds is 8. The van der Waals surface area contributed by atoms with E-state index in [0.717, 1.165) is 60.7 Å². The van der Waals surface area contributed by atoms with E-state index >= 15 is 0 Å². The first-order valence-electron chi connectivity index (χ1n) is 22.8. The van der Waals surface area contributed by atoms with Crippen molar-refractivity contribution in [1.82, 2.24) is 0 Å². The second-order valence-electron chi connectivity index (χ2n) is 17.1. The number of esters is 3. The number of thiol groups is 1. The molecule has 0 saturated carbocycles. The van der Waals surface area contributed by atoms with Crippen LogP contribution in [0.2, 0.25) is 0 Å². The van der Waals surface area contributed by atoms with Crippen molar-refractivity contribution in [3.05, 3.63) is 162 Å². The van der Waals surface area contributed by atoms with Crippen molar-refractivity contribution >= 4 is 128 Å². The molecule has 1 fully saturated rings. The van der Waals surface area contributed by atoms with Crippen molar-refractivity contribution in [2.45, 2.75) is 101 Å². The van der Waals surface area contributed by atoms with Crippen molar-refractivity contribution in [1.29, 1.82) is 0 Å². The number of carbonyl (C=O) groups excluding carboxylic acids is 3. The molecule has 482 valence electrons. The molecule has 1 radical (unpaired) electrons. The number of nitrogens with two attached hydrogens (primary N) is 3. The van der Waals surface area contributed by atoms with Crippen LogP contribution >= 0.6 is 72.9 Å². The fraction of sp³-hybridized carbons (Fsp3) is 0.346. The number of benzene rings is 5. The van der Waals surface area contributed by atoms with E-state index in [9.17, 15) is 63.2 Å². The molecule has 0 bridgehead atoms. The van der Waals surface area contributed by atoms with Gasteiger partial charge in [-0.3, -0.25) is 0 Å². The quantitative estimate of drug-likeness (QED) is 0.00966. The van der Waals surface area contributed by atoms with Crippen LogP contribution in [0.15, 0.2) is 85.3 Å². The fourth-order valence-electron chi connectivity index (χ4n) is 5.08. The molecule has 0 aromatic heterocycles. The van der Waals surface area contributed by atoms with E-state index in [1.54, 1.807) is 69.2 Å². The standard InChI is InChI=1S/C15H19BF2O4.C9H7BrF2O2.C9H9F2NO2.C6H4BrF2N.C6H5F2N.C4H9NO2.CO.2CH4.BHNS.2BrH.Cu/c1-6-20-13(19)9-7-10(17)12(11(18)8-9)16-21-14(2,3)15(4,5)22-16;1-2-14-9(13)5-3-6(11)8(10)7(12)4-5;1-2-14-9(13)5-3-6(10)8(12)7(11)4-5;7-3-1-4(8)6(10)5(9)2-3;7-4-2-1-3-5(8)6(4)9;1-4(2,3)7-5-6;1-2;;;1-2-3;;;/h7-8H,6H2,1-5H3;3-4H,2H2,1H3;3-4H,2,12H2,1H3;1-2H,10H2;1-3H,9H2;1-3H3;;2*1H4;3H;2*1H;/q;;;;;;;;;;;;+2/p-2. The Morgan fingerprint density at radius 3 is 1.12 bits per heavy atom. The van der Waals surface area contributed by atoms with Gasteiger partial charge in [-0.25, -0.2) is 58.3 Å². The maximum atomic E-state index is 14.3. The molecule has 0 unspecified atom stereocenters. The van der Waals surface area contributed by atoms with Crippen molar-refractivity contribution in [2.75, 3.05) is 37.0 Å². The van der Waals surface area contributed by atoms with E-state index in [1.807, 2.05) is 0 Å². The van der Waals surface area contributed by atoms with Crippen LogP contribution in [0.3, 0.4) is 0 Å². The molecule has 1 saturated heterocycles. The third-order valence-corrected chi connectivity index (χ3v) is 10.7. The molecule has 6 rings (SSSR count). The minimum absolute atomic E-state index is 0. The monoisotopic (exact) mass is 1560 g/mol. The van der Waals surface area contributed by atoms with Crippen molar-refractivity contribution in [2.24, 2.45) is 9.64 Å². The summed E-state index contributed by atoms with van der Waals surface area (Å²) in [6, 6.07) is 11.1. The zero-order valence-corrected chi connectivity index (χ0v) is 54.0. The number of halogens is 14. The van der Waals surface area contributed by atoms with Gasteiger partial charge in [0, 0.05) is 4.47 Å². The van der Waals surface area contributed by atoms with Gasteiger partial charge in [-0.05, 0) is 146 Å². The molecule has 0 atom stereocenters. The van der Waals surface area contributed by atoms with Crippen LogP contribution in [0, 0.1) is 69.7 Å². The summed E-state index contributed by atoms with van der Waals surface area (Å²) < 4.78 is 165. The molecule has 5 aromatic carbocycles. The van der Waals surface area contributed by atoms with Gasteiger partial charge >= 0.3 is 101 Å². The third-order valence-electron chi connectivity index (χ3n) is 9.52. The molecule has 1 aliphatic rings. The predicted octanol–water partition coefficient (Wildman–Crippen LogP) is 15.5. The van der Waals surface area contributed by atoms with E-state index in [4.69, 9.17) is 35.9 Å². The number of ether oxygens (including phenoxy) is 3. The van der Waals surface area contributed by atoms with Crippen molar-refractivity contribution in [3.8, 4) is 0 Å². The topological polar surface area (TPSA) is 246 Å². The summed E-state index contributed by atoms with van der Waals surface area (Å²) in [4.78, 5) is 47.4. The number of nitrogen functional groups attached to an aromatic ring is 3. The zero-order chi connectivity index (χ0) is 66.0. The molecule has 86 heavy (non-hydrogen) atoms. The summed E-state index contributed by atoms with van der Waals surface area (Å²) in [6.45, 7) is 22.2. The summed E-state index contributed by atoms with van der Waals surface area (Å²) in [5.74, 6) is -10.6. The molecule has 6 N–H and O–H groups in total. The minimum atomic E-state index is -1.17. The number of nitrogens with zero attached hydrogens (tertiary/aromatic N) is 2. The van der Waals surface area contributed by atoms with Gasteiger partial charge < -0.3 is 45.6 Å². The average molecular weight is 1560 g/mol. The Kier molecular flexibility index (Phi) is 47.2. The van der Waals surface area contributed by atoms with Crippen LogP contribution in [-0.4, -0.2) is 69.3 Å². The first-order valence-corrected chi connectivity index (χ1v) is 29.5. The molecule has 0 aliphatic carbocycles. The van der Waals surface area contributed by atoms with E-state index in [2.05, 4.69) is 111 Å². The van der Waals surface area contributed by atoms with Gasteiger partial charge in [0.15, 0.2) is 5.34 Å². The number of anilines is 3.